The second kappa shape index (κ2) is 5.68. The molecular weight excluding hydrogens is 311 g/mol. The van der Waals surface area contributed by atoms with E-state index in [-0.39, 0.29) is 0 Å². The fraction of sp³-hybridized carbons (Fsp3) is 0.133. The number of aryl methyl sites for hydroxylation is 1. The normalized spacial score (nSPS) is 11.2. The largest absolute Gasteiger partial charge is 0.333 e. The van der Waals surface area contributed by atoms with Crippen LogP contribution in [0.1, 0.15) is 11.1 Å². The number of aromatic nitrogens is 2. The van der Waals surface area contributed by atoms with E-state index < -0.39 is 0 Å². The van der Waals surface area contributed by atoms with Gasteiger partial charge in [-0.25, -0.2) is 4.98 Å². The van der Waals surface area contributed by atoms with Crippen molar-refractivity contribution in [2.45, 2.75) is 17.8 Å². The predicted octanol–water partition coefficient (Wildman–Crippen LogP) is 5.47. The number of fused-ring (bicyclic) bond motifs is 1. The molecule has 2 nitrogen and oxygen atoms in total. The Balaban J connectivity index is 1.79. The molecule has 0 atom stereocenters. The zero-order valence-corrected chi connectivity index (χ0v) is 13.1. The number of aromatic amines is 1. The molecule has 0 bridgehead atoms. The molecule has 5 heteroatoms. The second-order valence-electron chi connectivity index (χ2n) is 4.59. The van der Waals surface area contributed by atoms with Crippen molar-refractivity contribution in [2.24, 2.45) is 0 Å². The monoisotopic (exact) mass is 322 g/mol. The molecular formula is C15H12Cl2N2S. The molecule has 0 fully saturated rings. The average molecular weight is 323 g/mol. The summed E-state index contributed by atoms with van der Waals surface area (Å²) in [7, 11) is 0. The van der Waals surface area contributed by atoms with Crippen molar-refractivity contribution in [3.05, 3.63) is 57.6 Å². The zero-order chi connectivity index (χ0) is 14.1. The molecule has 0 saturated heterocycles. The van der Waals surface area contributed by atoms with E-state index in [2.05, 4.69) is 29.0 Å². The van der Waals surface area contributed by atoms with Gasteiger partial charge in [-0.05, 0) is 42.3 Å². The summed E-state index contributed by atoms with van der Waals surface area (Å²) in [6, 6.07) is 11.8. The van der Waals surface area contributed by atoms with E-state index in [9.17, 15) is 0 Å². The van der Waals surface area contributed by atoms with Crippen LogP contribution in [0.3, 0.4) is 0 Å². The summed E-state index contributed by atoms with van der Waals surface area (Å²) in [5.41, 5.74) is 4.33. The maximum absolute atomic E-state index is 6.17. The number of hydrogen-bond donors (Lipinski definition) is 1. The molecule has 0 spiro atoms. The van der Waals surface area contributed by atoms with E-state index in [4.69, 9.17) is 23.2 Å². The van der Waals surface area contributed by atoms with Crippen molar-refractivity contribution >= 4 is 46.0 Å². The van der Waals surface area contributed by atoms with E-state index in [0.717, 1.165) is 27.5 Å². The van der Waals surface area contributed by atoms with Crippen molar-refractivity contribution in [2.75, 3.05) is 0 Å². The van der Waals surface area contributed by atoms with Crippen LogP contribution in [0.2, 0.25) is 10.0 Å². The van der Waals surface area contributed by atoms with E-state index in [0.29, 0.717) is 10.0 Å². The van der Waals surface area contributed by atoms with Crippen LogP contribution in [0.25, 0.3) is 11.0 Å². The number of thioether (sulfide) groups is 1. The van der Waals surface area contributed by atoms with Gasteiger partial charge in [0.25, 0.3) is 0 Å². The number of nitrogens with zero attached hydrogens (tertiary/aromatic N) is 1. The Hall–Kier alpha value is -1.16. The summed E-state index contributed by atoms with van der Waals surface area (Å²) >= 11 is 13.7. The summed E-state index contributed by atoms with van der Waals surface area (Å²) < 4.78 is 0. The third-order valence-corrected chi connectivity index (χ3v) is 4.50. The van der Waals surface area contributed by atoms with Gasteiger partial charge in [-0.1, -0.05) is 47.1 Å². The highest BCUT2D eigenvalue weighted by Gasteiger charge is 2.06. The van der Waals surface area contributed by atoms with Crippen molar-refractivity contribution in [1.82, 2.24) is 9.97 Å². The number of rotatable bonds is 3. The molecule has 3 aromatic rings. The highest BCUT2D eigenvalue weighted by Crippen LogP contribution is 2.28. The van der Waals surface area contributed by atoms with Gasteiger partial charge in [0.1, 0.15) is 0 Å². The maximum atomic E-state index is 6.17. The van der Waals surface area contributed by atoms with Crippen LogP contribution in [-0.4, -0.2) is 9.97 Å². The molecule has 3 rings (SSSR count). The van der Waals surface area contributed by atoms with Gasteiger partial charge >= 0.3 is 0 Å². The summed E-state index contributed by atoms with van der Waals surface area (Å²) in [6.45, 7) is 2.07. The average Bonchev–Trinajstić information content (AvgIpc) is 2.79. The molecule has 0 saturated carbocycles. The Kier molecular flexibility index (Phi) is 3.92. The van der Waals surface area contributed by atoms with Gasteiger partial charge in [0.15, 0.2) is 5.16 Å². The van der Waals surface area contributed by atoms with Crippen LogP contribution in [0.15, 0.2) is 41.6 Å². The minimum Gasteiger partial charge on any atom is -0.333 e. The smallest absolute Gasteiger partial charge is 0.166 e. The van der Waals surface area contributed by atoms with Gasteiger partial charge in [0.2, 0.25) is 0 Å². The Bertz CT molecular complexity index is 768. The lowest BCUT2D eigenvalue weighted by Gasteiger charge is -2.02. The number of imidazole rings is 1. The van der Waals surface area contributed by atoms with Crippen molar-refractivity contribution < 1.29 is 0 Å². The molecule has 0 aliphatic rings. The van der Waals surface area contributed by atoms with Crippen LogP contribution in [-0.2, 0) is 5.75 Å². The first kappa shape index (κ1) is 13.8. The van der Waals surface area contributed by atoms with Crippen LogP contribution in [0.5, 0.6) is 0 Å². The first-order valence-electron chi connectivity index (χ1n) is 6.15. The number of benzene rings is 2. The van der Waals surface area contributed by atoms with Crippen LogP contribution < -0.4 is 0 Å². The number of hydrogen-bond acceptors (Lipinski definition) is 2. The number of H-pyrrole nitrogens is 1. The SMILES string of the molecule is Cc1ccc2nc(SCc3ccc(Cl)cc3Cl)[nH]c2c1. The molecule has 1 aromatic heterocycles. The minimum absolute atomic E-state index is 0.656. The van der Waals surface area contributed by atoms with Gasteiger partial charge in [-0.15, -0.1) is 0 Å². The summed E-state index contributed by atoms with van der Waals surface area (Å²) in [5.74, 6) is 0.759. The molecule has 0 unspecified atom stereocenters. The quantitative estimate of drug-likeness (QED) is 0.647. The number of nitrogens with one attached hydrogen (secondary N) is 1. The second-order valence-corrected chi connectivity index (χ2v) is 6.39. The van der Waals surface area contributed by atoms with Gasteiger partial charge in [0.05, 0.1) is 11.0 Å². The first-order valence-corrected chi connectivity index (χ1v) is 7.89. The highest BCUT2D eigenvalue weighted by atomic mass is 35.5. The molecule has 2 aromatic carbocycles. The Morgan fingerprint density at radius 1 is 1.15 bits per heavy atom. The first-order chi connectivity index (χ1) is 9.61. The molecule has 0 aliphatic heterocycles. The molecule has 0 radical (unpaired) electrons. The number of halogens is 2. The van der Waals surface area contributed by atoms with Gasteiger partial charge in [-0.3, -0.25) is 0 Å². The molecule has 0 amide bonds. The lowest BCUT2D eigenvalue weighted by atomic mass is 10.2. The van der Waals surface area contributed by atoms with E-state index >= 15 is 0 Å². The molecule has 0 aliphatic carbocycles. The molecule has 20 heavy (non-hydrogen) atoms. The highest BCUT2D eigenvalue weighted by molar-refractivity contribution is 7.98. The van der Waals surface area contributed by atoms with Crippen molar-refractivity contribution in [3.63, 3.8) is 0 Å². The van der Waals surface area contributed by atoms with Crippen LogP contribution in [0, 0.1) is 6.92 Å². The van der Waals surface area contributed by atoms with Gasteiger partial charge in [-0.2, -0.15) is 0 Å². The lowest BCUT2D eigenvalue weighted by Crippen LogP contribution is -1.83. The topological polar surface area (TPSA) is 28.7 Å². The Morgan fingerprint density at radius 3 is 2.80 bits per heavy atom. The van der Waals surface area contributed by atoms with Gasteiger partial charge in [0, 0.05) is 15.8 Å². The van der Waals surface area contributed by atoms with E-state index in [1.165, 1.54) is 5.56 Å². The molecule has 1 N–H and O–H groups in total. The van der Waals surface area contributed by atoms with Crippen molar-refractivity contribution in [1.29, 1.82) is 0 Å². The molecule has 1 heterocycles. The van der Waals surface area contributed by atoms with Crippen LogP contribution in [0.4, 0.5) is 0 Å². The summed E-state index contributed by atoms with van der Waals surface area (Å²) in [4.78, 5) is 7.87. The minimum atomic E-state index is 0.656. The summed E-state index contributed by atoms with van der Waals surface area (Å²) in [6.07, 6.45) is 0. The Morgan fingerprint density at radius 2 is 2.00 bits per heavy atom. The van der Waals surface area contributed by atoms with E-state index in [1.54, 1.807) is 17.8 Å². The van der Waals surface area contributed by atoms with E-state index in [1.807, 2.05) is 18.2 Å². The maximum Gasteiger partial charge on any atom is 0.166 e. The third-order valence-electron chi connectivity index (χ3n) is 3.00. The van der Waals surface area contributed by atoms with Gasteiger partial charge < -0.3 is 4.98 Å². The predicted molar refractivity (Wildman–Crippen MR) is 86.9 cm³/mol. The van der Waals surface area contributed by atoms with Crippen LogP contribution >= 0.6 is 35.0 Å². The lowest BCUT2D eigenvalue weighted by molar-refractivity contribution is 1.08. The standard InChI is InChI=1S/C15H12Cl2N2S/c1-9-2-5-13-14(6-9)19-15(18-13)20-8-10-3-4-11(16)7-12(10)17/h2-7H,8H2,1H3,(H,18,19). The zero-order valence-electron chi connectivity index (χ0n) is 10.8. The fourth-order valence-electron chi connectivity index (χ4n) is 1.95. The summed E-state index contributed by atoms with van der Waals surface area (Å²) in [5, 5.41) is 2.25. The third kappa shape index (κ3) is 2.95. The van der Waals surface area contributed by atoms with Crippen molar-refractivity contribution in [3.8, 4) is 0 Å². The fourth-order valence-corrected chi connectivity index (χ4v) is 3.40. The molecule has 102 valence electrons. The Labute approximate surface area is 131 Å².